The number of aromatic nitrogens is 2. The average Bonchev–Trinajstić information content (AvgIpc) is 2.45. The predicted molar refractivity (Wildman–Crippen MR) is 92.6 cm³/mol. The van der Waals surface area contributed by atoms with E-state index in [-0.39, 0.29) is 5.15 Å². The zero-order chi connectivity index (χ0) is 15.9. The molecule has 0 saturated carbocycles. The Morgan fingerprint density at radius 1 is 1.27 bits per heavy atom. The molecule has 0 aliphatic rings. The molecule has 2 rings (SSSR count). The number of halogens is 1. The minimum absolute atomic E-state index is 0.273. The first kappa shape index (κ1) is 16.5. The first-order chi connectivity index (χ1) is 10.5. The van der Waals surface area contributed by atoms with Crippen LogP contribution in [0.5, 0.6) is 11.6 Å². The largest absolute Gasteiger partial charge is 0.439 e. The molecule has 116 valence electrons. The van der Waals surface area contributed by atoms with Gasteiger partial charge < -0.3 is 15.4 Å². The van der Waals surface area contributed by atoms with Gasteiger partial charge in [-0.2, -0.15) is 4.98 Å². The zero-order valence-corrected chi connectivity index (χ0v) is 13.9. The molecule has 22 heavy (non-hydrogen) atoms. The lowest BCUT2D eigenvalue weighted by Gasteiger charge is -2.12. The van der Waals surface area contributed by atoms with Gasteiger partial charge >= 0.3 is 0 Å². The molecule has 0 spiro atoms. The minimum atomic E-state index is 0.273. The van der Waals surface area contributed by atoms with Gasteiger partial charge in [0.2, 0.25) is 11.8 Å². The summed E-state index contributed by atoms with van der Waals surface area (Å²) in [7, 11) is 0. The second-order valence-electron chi connectivity index (χ2n) is 5.00. The molecule has 0 aliphatic carbocycles. The highest BCUT2D eigenvalue weighted by Gasteiger charge is 2.07. The summed E-state index contributed by atoms with van der Waals surface area (Å²) in [6.07, 6.45) is 0. The van der Waals surface area contributed by atoms with Crippen molar-refractivity contribution in [3.8, 4) is 11.6 Å². The highest BCUT2D eigenvalue weighted by Crippen LogP contribution is 2.22. The zero-order valence-electron chi connectivity index (χ0n) is 12.3. The van der Waals surface area contributed by atoms with Crippen molar-refractivity contribution in [2.45, 2.75) is 13.8 Å². The number of ether oxygens (including phenoxy) is 1. The van der Waals surface area contributed by atoms with Crippen LogP contribution in [0.4, 0.5) is 5.95 Å². The van der Waals surface area contributed by atoms with Crippen LogP contribution in [0.1, 0.15) is 13.8 Å². The Morgan fingerprint density at radius 2 is 2.00 bits per heavy atom. The number of hydrogen-bond acceptors (Lipinski definition) is 4. The topological polar surface area (TPSA) is 59.1 Å². The van der Waals surface area contributed by atoms with Gasteiger partial charge in [-0.1, -0.05) is 43.6 Å². The number of para-hydroxylation sites is 1. The Labute approximate surface area is 140 Å². The van der Waals surface area contributed by atoms with Crippen LogP contribution in [0, 0.1) is 5.92 Å². The second-order valence-corrected chi connectivity index (χ2v) is 5.79. The molecule has 0 atom stereocenters. The first-order valence-corrected chi connectivity index (χ1v) is 7.64. The van der Waals surface area contributed by atoms with E-state index in [4.69, 9.17) is 28.6 Å². The molecular weight excluding hydrogens is 320 g/mol. The molecule has 0 bridgehead atoms. The number of nitrogens with one attached hydrogen (secondary N) is 2. The number of anilines is 1. The third-order valence-corrected chi connectivity index (χ3v) is 2.97. The Kier molecular flexibility index (Phi) is 5.91. The molecule has 2 N–H and O–H groups in total. The summed E-state index contributed by atoms with van der Waals surface area (Å²) >= 11 is 11.2. The molecule has 5 nitrogen and oxygen atoms in total. The monoisotopic (exact) mass is 336 g/mol. The Morgan fingerprint density at radius 3 is 2.68 bits per heavy atom. The van der Waals surface area contributed by atoms with Crippen molar-refractivity contribution < 1.29 is 4.74 Å². The summed E-state index contributed by atoms with van der Waals surface area (Å²) in [5.41, 5.74) is 0. The molecule has 1 heterocycles. The summed E-state index contributed by atoms with van der Waals surface area (Å²) in [5.74, 6) is 1.79. The highest BCUT2D eigenvalue weighted by molar-refractivity contribution is 7.80. The van der Waals surface area contributed by atoms with Gasteiger partial charge in [-0.05, 0) is 30.3 Å². The maximum absolute atomic E-state index is 5.99. The van der Waals surface area contributed by atoms with Crippen LogP contribution in [-0.2, 0) is 0 Å². The highest BCUT2D eigenvalue weighted by atomic mass is 35.5. The lowest BCUT2D eigenvalue weighted by molar-refractivity contribution is 0.462. The van der Waals surface area contributed by atoms with Crippen molar-refractivity contribution in [3.05, 3.63) is 41.6 Å². The molecule has 0 aliphatic heterocycles. The van der Waals surface area contributed by atoms with E-state index in [1.165, 1.54) is 0 Å². The summed E-state index contributed by atoms with van der Waals surface area (Å²) in [4.78, 5) is 8.32. The third-order valence-electron chi connectivity index (χ3n) is 2.53. The van der Waals surface area contributed by atoms with Crippen LogP contribution in [0.3, 0.4) is 0 Å². The van der Waals surface area contributed by atoms with E-state index in [1.807, 2.05) is 30.3 Å². The maximum Gasteiger partial charge on any atom is 0.233 e. The van der Waals surface area contributed by atoms with Crippen LogP contribution >= 0.6 is 23.8 Å². The molecule has 7 heteroatoms. The van der Waals surface area contributed by atoms with Crippen LogP contribution in [0.2, 0.25) is 5.15 Å². The second kappa shape index (κ2) is 7.91. The van der Waals surface area contributed by atoms with E-state index in [0.717, 1.165) is 6.54 Å². The molecule has 0 saturated heterocycles. The van der Waals surface area contributed by atoms with Crippen LogP contribution in [0.15, 0.2) is 36.4 Å². The Balaban J connectivity index is 2.05. The standard InChI is InChI=1S/C15H17ClN4OS/c1-10(2)9-17-15(22)20-14-18-12(16)8-13(19-14)21-11-6-4-3-5-7-11/h3-8,10H,9H2,1-2H3,(H2,17,18,19,20,22). The van der Waals surface area contributed by atoms with Gasteiger partial charge in [0.15, 0.2) is 5.11 Å². The van der Waals surface area contributed by atoms with Gasteiger partial charge in [0, 0.05) is 12.6 Å². The normalized spacial score (nSPS) is 10.4. The van der Waals surface area contributed by atoms with Crippen molar-refractivity contribution >= 4 is 34.9 Å². The van der Waals surface area contributed by atoms with Gasteiger partial charge in [0.25, 0.3) is 0 Å². The van der Waals surface area contributed by atoms with Crippen molar-refractivity contribution in [2.75, 3.05) is 11.9 Å². The van der Waals surface area contributed by atoms with Crippen molar-refractivity contribution in [1.29, 1.82) is 0 Å². The van der Waals surface area contributed by atoms with Crippen LogP contribution < -0.4 is 15.4 Å². The van der Waals surface area contributed by atoms with Gasteiger partial charge in [-0.25, -0.2) is 4.98 Å². The van der Waals surface area contributed by atoms with E-state index >= 15 is 0 Å². The predicted octanol–water partition coefficient (Wildman–Crippen LogP) is 3.86. The number of rotatable bonds is 5. The van der Waals surface area contributed by atoms with Crippen LogP contribution in [0.25, 0.3) is 0 Å². The summed E-state index contributed by atoms with van der Waals surface area (Å²) in [6, 6.07) is 10.9. The summed E-state index contributed by atoms with van der Waals surface area (Å²) < 4.78 is 5.64. The van der Waals surface area contributed by atoms with Crippen molar-refractivity contribution in [2.24, 2.45) is 5.92 Å². The molecule has 1 aromatic heterocycles. The third kappa shape index (κ3) is 5.46. The fourth-order valence-corrected chi connectivity index (χ4v) is 1.91. The lowest BCUT2D eigenvalue weighted by atomic mass is 10.2. The number of benzene rings is 1. The summed E-state index contributed by atoms with van der Waals surface area (Å²) in [5, 5.41) is 6.69. The number of nitrogens with zero attached hydrogens (tertiary/aromatic N) is 2. The fraction of sp³-hybridized carbons (Fsp3) is 0.267. The first-order valence-electron chi connectivity index (χ1n) is 6.85. The molecule has 0 unspecified atom stereocenters. The molecule has 1 aromatic carbocycles. The SMILES string of the molecule is CC(C)CNC(=S)Nc1nc(Cl)cc(Oc2ccccc2)n1. The quantitative estimate of drug-likeness (QED) is 0.638. The maximum atomic E-state index is 5.99. The summed E-state index contributed by atoms with van der Waals surface area (Å²) in [6.45, 7) is 4.95. The molecule has 0 fully saturated rings. The Bertz CT molecular complexity index is 637. The average molecular weight is 337 g/mol. The van der Waals surface area contributed by atoms with Crippen molar-refractivity contribution in [3.63, 3.8) is 0 Å². The van der Waals surface area contributed by atoms with Gasteiger partial charge in [0.1, 0.15) is 10.9 Å². The van der Waals surface area contributed by atoms with Gasteiger partial charge in [0.05, 0.1) is 0 Å². The lowest BCUT2D eigenvalue weighted by Crippen LogP contribution is -2.32. The van der Waals surface area contributed by atoms with E-state index in [0.29, 0.717) is 28.6 Å². The number of thiocarbonyl (C=S) groups is 1. The number of hydrogen-bond donors (Lipinski definition) is 2. The molecular formula is C15H17ClN4OS. The van der Waals surface area contributed by atoms with E-state index < -0.39 is 0 Å². The van der Waals surface area contributed by atoms with E-state index in [2.05, 4.69) is 34.4 Å². The molecule has 0 amide bonds. The van der Waals surface area contributed by atoms with Gasteiger partial charge in [-0.15, -0.1) is 0 Å². The van der Waals surface area contributed by atoms with E-state index in [9.17, 15) is 0 Å². The van der Waals surface area contributed by atoms with E-state index in [1.54, 1.807) is 6.07 Å². The minimum Gasteiger partial charge on any atom is -0.439 e. The Hall–Kier alpha value is -1.92. The van der Waals surface area contributed by atoms with Crippen LogP contribution in [-0.4, -0.2) is 21.6 Å². The molecule has 0 radical (unpaired) electrons. The fourth-order valence-electron chi connectivity index (χ4n) is 1.56. The smallest absolute Gasteiger partial charge is 0.233 e. The van der Waals surface area contributed by atoms with Gasteiger partial charge in [-0.3, -0.25) is 0 Å². The van der Waals surface area contributed by atoms with Crippen molar-refractivity contribution in [1.82, 2.24) is 15.3 Å². The molecule has 2 aromatic rings.